The number of nitro benzene ring substituents is 1. The van der Waals surface area contributed by atoms with Crippen molar-refractivity contribution in [3.8, 4) is 11.5 Å². The number of rotatable bonds is 4. The molecule has 0 aliphatic carbocycles. The highest BCUT2D eigenvalue weighted by Crippen LogP contribution is 2.34. The van der Waals surface area contributed by atoms with E-state index in [1.54, 1.807) is 12.1 Å². The fourth-order valence-corrected chi connectivity index (χ4v) is 2.71. The van der Waals surface area contributed by atoms with Gasteiger partial charge in [0.15, 0.2) is 0 Å². The van der Waals surface area contributed by atoms with Crippen molar-refractivity contribution in [1.82, 2.24) is 5.32 Å². The number of benzene rings is 2. The van der Waals surface area contributed by atoms with Crippen molar-refractivity contribution in [3.05, 3.63) is 63.2 Å². The van der Waals surface area contributed by atoms with Gasteiger partial charge in [-0.2, -0.15) is 0 Å². The van der Waals surface area contributed by atoms with Crippen molar-refractivity contribution in [2.45, 2.75) is 6.92 Å². The van der Waals surface area contributed by atoms with Crippen LogP contribution in [0.2, 0.25) is 0 Å². The molecule has 10 nitrogen and oxygen atoms in total. The summed E-state index contributed by atoms with van der Waals surface area (Å²) in [6, 6.07) is 7.32. The van der Waals surface area contributed by atoms with Crippen molar-refractivity contribution in [3.63, 3.8) is 0 Å². The number of barbiturate groups is 1. The third-order valence-corrected chi connectivity index (χ3v) is 4.19. The van der Waals surface area contributed by atoms with Gasteiger partial charge in [-0.15, -0.1) is 0 Å². The Morgan fingerprint density at radius 2 is 1.79 bits per heavy atom. The van der Waals surface area contributed by atoms with Gasteiger partial charge in [-0.25, -0.2) is 9.69 Å². The molecule has 0 unspecified atom stereocenters. The third kappa shape index (κ3) is 3.63. The normalized spacial score (nSPS) is 15.4. The van der Waals surface area contributed by atoms with E-state index >= 15 is 0 Å². The van der Waals surface area contributed by atoms with Crippen LogP contribution in [0.3, 0.4) is 0 Å². The lowest BCUT2D eigenvalue weighted by atomic mass is 10.0. The Labute approximate surface area is 164 Å². The second-order valence-corrected chi connectivity index (χ2v) is 6.12. The predicted octanol–water partition coefficient (Wildman–Crippen LogP) is 1.65. The first kappa shape index (κ1) is 19.5. The molecule has 0 atom stereocenters. The van der Waals surface area contributed by atoms with Crippen LogP contribution in [0, 0.1) is 17.0 Å². The summed E-state index contributed by atoms with van der Waals surface area (Å²) in [5, 5.41) is 25.5. The monoisotopic (exact) mass is 396 g/mol. The molecule has 3 rings (SSSR count). The molecule has 1 aliphatic rings. The van der Waals surface area contributed by atoms with E-state index in [2.05, 4.69) is 0 Å². The van der Waals surface area contributed by atoms with Gasteiger partial charge < -0.3 is 9.84 Å². The summed E-state index contributed by atoms with van der Waals surface area (Å²) in [4.78, 5) is 48.3. The average Bonchev–Trinajstić information content (AvgIpc) is 2.67. The minimum atomic E-state index is -1.02. The smallest absolute Gasteiger partial charge is 0.335 e. The number of hydrogen-bond acceptors (Lipinski definition) is 7. The quantitative estimate of drug-likeness (QED) is 0.358. The van der Waals surface area contributed by atoms with Gasteiger partial charge in [-0.3, -0.25) is 25.0 Å². The van der Waals surface area contributed by atoms with Gasteiger partial charge in [-0.1, -0.05) is 23.4 Å². The van der Waals surface area contributed by atoms with Crippen molar-refractivity contribution in [2.24, 2.45) is 0 Å². The molecule has 1 aliphatic heterocycles. The number of hydrogen-bond donors (Lipinski definition) is 1. The van der Waals surface area contributed by atoms with Gasteiger partial charge in [0.05, 0.1) is 23.8 Å². The van der Waals surface area contributed by atoms with Gasteiger partial charge in [0.2, 0.25) is 0 Å². The summed E-state index contributed by atoms with van der Waals surface area (Å²) in [6.07, 6.45) is 0.906. The Balaban J connectivity index is 2.11. The standard InChI is InChI=1S/C19H15N3O7/c1-10-3-5-12(6-4-10)21-18(25)14(17(24)20-19(21)26)8-11-7-13(22(27)28)9-15(29-2)16(11)23/h3-9,23H,1-2H3,(H,20,24,26)/p-1/b14-8+. The number of methoxy groups -OCH3 is 1. The van der Waals surface area contributed by atoms with Crippen LogP contribution in [0.5, 0.6) is 11.5 Å². The Kier molecular flexibility index (Phi) is 5.01. The molecule has 2 aromatic carbocycles. The van der Waals surface area contributed by atoms with Crippen molar-refractivity contribution in [1.29, 1.82) is 0 Å². The van der Waals surface area contributed by atoms with Gasteiger partial charge in [0.25, 0.3) is 17.5 Å². The molecule has 0 saturated carbocycles. The number of carbonyl (C=O) groups is 3. The van der Waals surface area contributed by atoms with Crippen LogP contribution in [0.15, 0.2) is 42.0 Å². The van der Waals surface area contributed by atoms with Crippen LogP contribution in [-0.4, -0.2) is 29.9 Å². The highest BCUT2D eigenvalue weighted by molar-refractivity contribution is 6.39. The molecule has 29 heavy (non-hydrogen) atoms. The molecule has 0 spiro atoms. The maximum atomic E-state index is 12.8. The van der Waals surface area contributed by atoms with Crippen LogP contribution in [0.4, 0.5) is 16.2 Å². The van der Waals surface area contributed by atoms with Gasteiger partial charge >= 0.3 is 6.03 Å². The molecule has 0 bridgehead atoms. The zero-order chi connectivity index (χ0) is 21.3. The van der Waals surface area contributed by atoms with E-state index in [0.717, 1.165) is 35.8 Å². The van der Waals surface area contributed by atoms with E-state index in [0.29, 0.717) is 0 Å². The number of carbonyl (C=O) groups excluding carboxylic acids is 3. The molecule has 1 fully saturated rings. The molecule has 1 heterocycles. The number of amides is 4. The van der Waals surface area contributed by atoms with Crippen LogP contribution >= 0.6 is 0 Å². The van der Waals surface area contributed by atoms with E-state index in [-0.39, 0.29) is 17.0 Å². The minimum Gasteiger partial charge on any atom is -0.870 e. The Bertz CT molecular complexity index is 1070. The summed E-state index contributed by atoms with van der Waals surface area (Å²) < 4.78 is 4.84. The fourth-order valence-electron chi connectivity index (χ4n) is 2.71. The average molecular weight is 396 g/mol. The highest BCUT2D eigenvalue weighted by Gasteiger charge is 2.36. The molecule has 1 N–H and O–H groups in total. The summed E-state index contributed by atoms with van der Waals surface area (Å²) >= 11 is 0. The van der Waals surface area contributed by atoms with Crippen LogP contribution in [0.1, 0.15) is 11.1 Å². The van der Waals surface area contributed by atoms with E-state index < -0.39 is 39.8 Å². The first-order valence-corrected chi connectivity index (χ1v) is 8.24. The Morgan fingerprint density at radius 1 is 1.14 bits per heavy atom. The molecule has 1 saturated heterocycles. The first-order chi connectivity index (χ1) is 13.7. The maximum absolute atomic E-state index is 12.8. The van der Waals surface area contributed by atoms with Crippen LogP contribution < -0.4 is 20.1 Å². The number of aryl methyl sites for hydroxylation is 1. The van der Waals surface area contributed by atoms with Crippen molar-refractivity contribution in [2.75, 3.05) is 12.0 Å². The Hall–Kier alpha value is -4.21. The van der Waals surface area contributed by atoms with E-state index in [1.807, 2.05) is 12.2 Å². The minimum absolute atomic E-state index is 0.218. The molecule has 0 aromatic heterocycles. The van der Waals surface area contributed by atoms with Gasteiger partial charge in [0.1, 0.15) is 11.3 Å². The van der Waals surface area contributed by atoms with E-state index in [4.69, 9.17) is 4.74 Å². The maximum Gasteiger partial charge on any atom is 0.335 e. The molecular formula is C19H14N3O7-. The van der Waals surface area contributed by atoms with Crippen molar-refractivity contribution < 1.29 is 29.2 Å². The number of anilines is 1. The zero-order valence-corrected chi connectivity index (χ0v) is 15.3. The third-order valence-electron chi connectivity index (χ3n) is 4.19. The molecule has 0 radical (unpaired) electrons. The largest absolute Gasteiger partial charge is 0.870 e. The number of ether oxygens (including phenoxy) is 1. The SMILES string of the molecule is COc1cc([N+](=O)[O-])cc(/C=C2\C(=O)NC(=O)N(c3ccc(C)cc3)C2=O)c1[O-]. The summed E-state index contributed by atoms with van der Waals surface area (Å²) in [6.45, 7) is 1.82. The number of urea groups is 1. The number of nitrogens with one attached hydrogen (secondary N) is 1. The second-order valence-electron chi connectivity index (χ2n) is 6.12. The molecule has 148 valence electrons. The second kappa shape index (κ2) is 7.43. The van der Waals surface area contributed by atoms with E-state index in [9.17, 15) is 29.6 Å². The topological polar surface area (TPSA) is 142 Å². The zero-order valence-electron chi connectivity index (χ0n) is 15.3. The summed E-state index contributed by atoms with van der Waals surface area (Å²) in [7, 11) is 1.16. The van der Waals surface area contributed by atoms with Crippen LogP contribution in [0.25, 0.3) is 6.08 Å². The summed E-state index contributed by atoms with van der Waals surface area (Å²) in [5.74, 6) is -3.05. The van der Waals surface area contributed by atoms with Gasteiger partial charge in [0, 0.05) is 6.07 Å². The number of imide groups is 2. The van der Waals surface area contributed by atoms with Gasteiger partial charge in [-0.05, 0) is 30.7 Å². The fraction of sp³-hybridized carbons (Fsp3) is 0.105. The predicted molar refractivity (Wildman–Crippen MR) is 99.3 cm³/mol. The highest BCUT2D eigenvalue weighted by atomic mass is 16.6. The first-order valence-electron chi connectivity index (χ1n) is 8.24. The van der Waals surface area contributed by atoms with Crippen LogP contribution in [-0.2, 0) is 9.59 Å². The lowest BCUT2D eigenvalue weighted by Crippen LogP contribution is -2.54. The lowest BCUT2D eigenvalue weighted by Gasteiger charge is -2.26. The molecule has 10 heteroatoms. The lowest BCUT2D eigenvalue weighted by molar-refractivity contribution is -0.385. The van der Waals surface area contributed by atoms with E-state index in [1.165, 1.54) is 12.1 Å². The Morgan fingerprint density at radius 3 is 2.38 bits per heavy atom. The molecule has 2 aromatic rings. The summed E-state index contributed by atoms with van der Waals surface area (Å²) in [5.41, 5.74) is -0.165. The number of nitro groups is 1. The number of nitrogens with zero attached hydrogens (tertiary/aromatic N) is 2. The molecular weight excluding hydrogens is 382 g/mol. The van der Waals surface area contributed by atoms with Crippen molar-refractivity contribution >= 4 is 35.3 Å². The number of non-ortho nitro benzene ring substituents is 1. The molecule has 4 amide bonds.